The maximum Gasteiger partial charge on any atom is 0.220 e. The standard InChI is InChI=1S/C11H17N5O/c1-16(2)10-5-9(13-7-14-10)12-6-8-3-4-11(17)15-8/h5,7-8H,3-4,6H2,1-2H3,(H,15,17)(H,12,13,14)/t8-/m0/s1. The van der Waals surface area contributed by atoms with E-state index in [2.05, 4.69) is 20.6 Å². The summed E-state index contributed by atoms with van der Waals surface area (Å²) in [5.74, 6) is 1.77. The quantitative estimate of drug-likeness (QED) is 0.782. The van der Waals surface area contributed by atoms with E-state index in [0.717, 1.165) is 18.1 Å². The molecule has 2 rings (SSSR count). The molecule has 1 saturated heterocycles. The van der Waals surface area contributed by atoms with E-state index in [1.54, 1.807) is 0 Å². The van der Waals surface area contributed by atoms with Gasteiger partial charge in [0.15, 0.2) is 0 Å². The lowest BCUT2D eigenvalue weighted by atomic mass is 10.2. The molecule has 1 amide bonds. The Morgan fingerprint density at radius 3 is 3.00 bits per heavy atom. The average molecular weight is 235 g/mol. The van der Waals surface area contributed by atoms with E-state index < -0.39 is 0 Å². The van der Waals surface area contributed by atoms with Crippen LogP contribution in [0.2, 0.25) is 0 Å². The summed E-state index contributed by atoms with van der Waals surface area (Å²) in [5.41, 5.74) is 0. The number of nitrogens with one attached hydrogen (secondary N) is 2. The largest absolute Gasteiger partial charge is 0.368 e. The predicted octanol–water partition coefficient (Wildman–Crippen LogP) is 0.233. The molecule has 0 spiro atoms. The van der Waals surface area contributed by atoms with Crippen LogP contribution in [0.25, 0.3) is 0 Å². The maximum atomic E-state index is 11.0. The maximum absolute atomic E-state index is 11.0. The number of rotatable bonds is 4. The van der Waals surface area contributed by atoms with Crippen LogP contribution in [-0.4, -0.2) is 42.6 Å². The molecule has 1 aromatic heterocycles. The summed E-state index contributed by atoms with van der Waals surface area (Å²) in [7, 11) is 3.87. The Balaban J connectivity index is 1.90. The molecule has 1 fully saturated rings. The minimum atomic E-state index is 0.133. The second kappa shape index (κ2) is 4.99. The number of anilines is 2. The number of carbonyl (C=O) groups is 1. The van der Waals surface area contributed by atoms with Crippen LogP contribution < -0.4 is 15.5 Å². The van der Waals surface area contributed by atoms with E-state index in [9.17, 15) is 4.79 Å². The lowest BCUT2D eigenvalue weighted by molar-refractivity contribution is -0.119. The SMILES string of the molecule is CN(C)c1cc(NC[C@@H]2CCC(=O)N2)ncn1. The third kappa shape index (κ3) is 3.05. The Morgan fingerprint density at radius 2 is 2.35 bits per heavy atom. The van der Waals surface area contributed by atoms with Gasteiger partial charge in [0.2, 0.25) is 5.91 Å². The van der Waals surface area contributed by atoms with Gasteiger partial charge in [-0.05, 0) is 6.42 Å². The number of aromatic nitrogens is 2. The second-order valence-corrected chi connectivity index (χ2v) is 4.34. The molecule has 2 N–H and O–H groups in total. The predicted molar refractivity (Wildman–Crippen MR) is 66.0 cm³/mol. The lowest BCUT2D eigenvalue weighted by Gasteiger charge is -2.14. The van der Waals surface area contributed by atoms with Gasteiger partial charge in [0.05, 0.1) is 0 Å². The third-order valence-electron chi connectivity index (χ3n) is 2.73. The van der Waals surface area contributed by atoms with Crippen LogP contribution in [0.15, 0.2) is 12.4 Å². The zero-order valence-electron chi connectivity index (χ0n) is 10.1. The van der Waals surface area contributed by atoms with Gasteiger partial charge in [0.1, 0.15) is 18.0 Å². The molecule has 6 nitrogen and oxygen atoms in total. The number of hydrogen-bond acceptors (Lipinski definition) is 5. The van der Waals surface area contributed by atoms with Gasteiger partial charge in [-0.25, -0.2) is 9.97 Å². The Kier molecular flexibility index (Phi) is 3.41. The Bertz CT molecular complexity index is 407. The smallest absolute Gasteiger partial charge is 0.220 e. The summed E-state index contributed by atoms with van der Waals surface area (Å²) < 4.78 is 0. The van der Waals surface area contributed by atoms with Crippen LogP contribution in [-0.2, 0) is 4.79 Å². The van der Waals surface area contributed by atoms with Gasteiger partial charge in [-0.15, -0.1) is 0 Å². The molecule has 0 aliphatic carbocycles. The van der Waals surface area contributed by atoms with Crippen molar-refractivity contribution >= 4 is 17.5 Å². The molecule has 2 heterocycles. The van der Waals surface area contributed by atoms with Crippen molar-refractivity contribution in [3.05, 3.63) is 12.4 Å². The van der Waals surface area contributed by atoms with Gasteiger partial charge in [0, 0.05) is 39.2 Å². The molecular weight excluding hydrogens is 218 g/mol. The second-order valence-electron chi connectivity index (χ2n) is 4.34. The average Bonchev–Trinajstić information content (AvgIpc) is 2.73. The fraction of sp³-hybridized carbons (Fsp3) is 0.545. The zero-order chi connectivity index (χ0) is 12.3. The van der Waals surface area contributed by atoms with Crippen LogP contribution >= 0.6 is 0 Å². The van der Waals surface area contributed by atoms with Crippen LogP contribution in [0.3, 0.4) is 0 Å². The molecule has 0 aromatic carbocycles. The van der Waals surface area contributed by atoms with Crippen LogP contribution in [0, 0.1) is 0 Å². The van der Waals surface area contributed by atoms with Gasteiger partial charge < -0.3 is 15.5 Å². The monoisotopic (exact) mass is 235 g/mol. The molecule has 1 aromatic rings. The highest BCUT2D eigenvalue weighted by molar-refractivity contribution is 5.78. The van der Waals surface area contributed by atoms with Crippen molar-refractivity contribution in [3.8, 4) is 0 Å². The van der Waals surface area contributed by atoms with E-state index in [0.29, 0.717) is 13.0 Å². The first-order valence-electron chi connectivity index (χ1n) is 5.68. The molecule has 92 valence electrons. The molecule has 1 aliphatic heterocycles. The van der Waals surface area contributed by atoms with Crippen molar-refractivity contribution in [1.82, 2.24) is 15.3 Å². The summed E-state index contributed by atoms with van der Waals surface area (Å²) in [4.78, 5) is 21.2. The van der Waals surface area contributed by atoms with Crippen LogP contribution in [0.1, 0.15) is 12.8 Å². The molecule has 0 unspecified atom stereocenters. The molecule has 6 heteroatoms. The van der Waals surface area contributed by atoms with Gasteiger partial charge in [-0.3, -0.25) is 4.79 Å². The molecule has 0 saturated carbocycles. The van der Waals surface area contributed by atoms with Crippen molar-refractivity contribution in [1.29, 1.82) is 0 Å². The Hall–Kier alpha value is -1.85. The molecule has 1 aliphatic rings. The molecule has 1 atom stereocenters. The fourth-order valence-corrected chi connectivity index (χ4v) is 1.75. The number of carbonyl (C=O) groups excluding carboxylic acids is 1. The first-order valence-corrected chi connectivity index (χ1v) is 5.68. The summed E-state index contributed by atoms with van der Waals surface area (Å²) in [6.07, 6.45) is 3.04. The number of amides is 1. The Morgan fingerprint density at radius 1 is 1.53 bits per heavy atom. The lowest BCUT2D eigenvalue weighted by Crippen LogP contribution is -2.32. The molecule has 0 radical (unpaired) electrons. The summed E-state index contributed by atoms with van der Waals surface area (Å²) in [6.45, 7) is 0.704. The molecule has 0 bridgehead atoms. The highest BCUT2D eigenvalue weighted by Crippen LogP contribution is 2.12. The highest BCUT2D eigenvalue weighted by atomic mass is 16.1. The first-order chi connectivity index (χ1) is 8.15. The van der Waals surface area contributed by atoms with Gasteiger partial charge in [-0.1, -0.05) is 0 Å². The molecule has 17 heavy (non-hydrogen) atoms. The normalized spacial score (nSPS) is 18.9. The number of nitrogens with zero attached hydrogens (tertiary/aromatic N) is 3. The van der Waals surface area contributed by atoms with Gasteiger partial charge in [-0.2, -0.15) is 0 Å². The summed E-state index contributed by atoms with van der Waals surface area (Å²) in [5, 5.41) is 6.12. The molecular formula is C11H17N5O. The van der Waals surface area contributed by atoms with Gasteiger partial charge >= 0.3 is 0 Å². The van der Waals surface area contributed by atoms with Gasteiger partial charge in [0.25, 0.3) is 0 Å². The summed E-state index contributed by atoms with van der Waals surface area (Å²) in [6, 6.07) is 2.09. The van der Waals surface area contributed by atoms with E-state index in [1.165, 1.54) is 6.33 Å². The zero-order valence-corrected chi connectivity index (χ0v) is 10.1. The van der Waals surface area contributed by atoms with Crippen molar-refractivity contribution in [2.75, 3.05) is 30.9 Å². The third-order valence-corrected chi connectivity index (χ3v) is 2.73. The van der Waals surface area contributed by atoms with Crippen molar-refractivity contribution in [2.45, 2.75) is 18.9 Å². The van der Waals surface area contributed by atoms with Crippen molar-refractivity contribution in [3.63, 3.8) is 0 Å². The number of hydrogen-bond donors (Lipinski definition) is 2. The Labute approximate surface area is 100 Å². The van der Waals surface area contributed by atoms with Crippen LogP contribution in [0.4, 0.5) is 11.6 Å². The summed E-state index contributed by atoms with van der Waals surface area (Å²) >= 11 is 0. The van der Waals surface area contributed by atoms with E-state index in [-0.39, 0.29) is 11.9 Å². The highest BCUT2D eigenvalue weighted by Gasteiger charge is 2.20. The van der Waals surface area contributed by atoms with Crippen LogP contribution in [0.5, 0.6) is 0 Å². The minimum absolute atomic E-state index is 0.133. The van der Waals surface area contributed by atoms with Crippen molar-refractivity contribution in [2.24, 2.45) is 0 Å². The van der Waals surface area contributed by atoms with E-state index >= 15 is 0 Å². The fourth-order valence-electron chi connectivity index (χ4n) is 1.75. The van der Waals surface area contributed by atoms with E-state index in [1.807, 2.05) is 25.1 Å². The topological polar surface area (TPSA) is 70.2 Å². The van der Waals surface area contributed by atoms with E-state index in [4.69, 9.17) is 0 Å². The van der Waals surface area contributed by atoms with Crippen molar-refractivity contribution < 1.29 is 4.79 Å². The minimum Gasteiger partial charge on any atom is -0.368 e. The first kappa shape index (κ1) is 11.6.